The van der Waals surface area contributed by atoms with Gasteiger partial charge in [0.2, 0.25) is 0 Å². The molecule has 0 bridgehead atoms. The van der Waals surface area contributed by atoms with E-state index in [0.717, 1.165) is 38.5 Å². The van der Waals surface area contributed by atoms with Gasteiger partial charge in [0.05, 0.1) is 0 Å². The number of hydrogen-bond donors (Lipinski definition) is 0. The Balaban J connectivity index is 1.95. The van der Waals surface area contributed by atoms with Crippen molar-refractivity contribution >= 4 is 11.7 Å². The predicted octanol–water partition coefficient (Wildman–Crippen LogP) is 6.88. The summed E-state index contributed by atoms with van der Waals surface area (Å²) in [5.41, 5.74) is -4.23. The van der Waals surface area contributed by atoms with Crippen LogP contribution in [-0.2, 0) is 0 Å². The quantitative estimate of drug-likeness (QED) is 0.453. The lowest BCUT2D eigenvalue weighted by Gasteiger charge is -2.46. The molecule has 4 rings (SSSR count). The molecule has 1 aromatic carbocycles. The van der Waals surface area contributed by atoms with Crippen molar-refractivity contribution in [2.75, 3.05) is 0 Å². The maximum Gasteiger partial charge on any atom is 0.443 e. The Labute approximate surface area is 183 Å². The van der Waals surface area contributed by atoms with Crippen LogP contribution in [0.25, 0.3) is 0 Å². The molecule has 9 heteroatoms. The Morgan fingerprint density at radius 2 is 1.25 bits per heavy atom. The molecule has 2 fully saturated rings. The largest absolute Gasteiger partial charge is 0.443 e. The minimum absolute atomic E-state index is 0.0832. The molecular formula is C23H27F6N3. The van der Waals surface area contributed by atoms with E-state index in [9.17, 15) is 26.3 Å². The molecule has 0 saturated heterocycles. The third-order valence-electron chi connectivity index (χ3n) is 6.75. The standard InChI is InChI=1S/C23H27F6N3/c24-22(25,26)21(23(27,28)29)30-19(16-10-4-1-5-11-16)32(18-14-8-3-9-15-18)20(31-21)17-12-6-2-7-13-17/h1,4-5,10-11,17-18H,2-3,6-9,12-15H2. The maximum atomic E-state index is 14.1. The summed E-state index contributed by atoms with van der Waals surface area (Å²) in [7, 11) is 0. The van der Waals surface area contributed by atoms with Gasteiger partial charge in [0.25, 0.3) is 0 Å². The minimum Gasteiger partial charge on any atom is -0.311 e. The third kappa shape index (κ3) is 4.15. The van der Waals surface area contributed by atoms with Gasteiger partial charge in [0.15, 0.2) is 0 Å². The molecule has 0 amide bonds. The number of aliphatic imine (C=N–C) groups is 2. The average Bonchev–Trinajstić information content (AvgIpc) is 2.78. The van der Waals surface area contributed by atoms with Gasteiger partial charge < -0.3 is 4.90 Å². The molecule has 0 aromatic heterocycles. The molecular weight excluding hydrogens is 432 g/mol. The SMILES string of the molecule is FC(F)(F)C1(C(F)(F)F)N=C(c2ccccc2)N(C2CCCCC2)C(C2CCCCC2)=N1. The van der Waals surface area contributed by atoms with Crippen molar-refractivity contribution in [2.24, 2.45) is 15.9 Å². The highest BCUT2D eigenvalue weighted by Crippen LogP contribution is 2.50. The average molecular weight is 459 g/mol. The van der Waals surface area contributed by atoms with Gasteiger partial charge in [-0.05, 0) is 25.7 Å². The van der Waals surface area contributed by atoms with Crippen molar-refractivity contribution in [1.29, 1.82) is 0 Å². The molecule has 2 saturated carbocycles. The van der Waals surface area contributed by atoms with Crippen LogP contribution >= 0.6 is 0 Å². The van der Waals surface area contributed by atoms with Crippen LogP contribution in [-0.4, -0.2) is 40.6 Å². The Bertz CT molecular complexity index is 833. The molecule has 0 unspecified atom stereocenters. The number of halogens is 6. The van der Waals surface area contributed by atoms with Crippen molar-refractivity contribution in [1.82, 2.24) is 4.90 Å². The molecule has 0 radical (unpaired) electrons. The van der Waals surface area contributed by atoms with Crippen LogP contribution in [0.3, 0.4) is 0 Å². The van der Waals surface area contributed by atoms with E-state index >= 15 is 0 Å². The summed E-state index contributed by atoms with van der Waals surface area (Å²) in [5.74, 6) is -0.785. The zero-order valence-corrected chi connectivity index (χ0v) is 17.7. The predicted molar refractivity (Wildman–Crippen MR) is 111 cm³/mol. The van der Waals surface area contributed by atoms with E-state index in [1.54, 1.807) is 23.1 Å². The second-order valence-corrected chi connectivity index (χ2v) is 8.94. The smallest absolute Gasteiger partial charge is 0.311 e. The molecule has 3 nitrogen and oxygen atoms in total. The second kappa shape index (κ2) is 8.71. The highest BCUT2D eigenvalue weighted by molar-refractivity contribution is 6.11. The summed E-state index contributed by atoms with van der Waals surface area (Å²) >= 11 is 0. The van der Waals surface area contributed by atoms with Crippen LogP contribution in [0.1, 0.15) is 69.8 Å². The van der Waals surface area contributed by atoms with Crippen LogP contribution in [0.2, 0.25) is 0 Å². The van der Waals surface area contributed by atoms with Crippen LogP contribution < -0.4 is 0 Å². The van der Waals surface area contributed by atoms with E-state index in [2.05, 4.69) is 9.98 Å². The summed E-state index contributed by atoms with van der Waals surface area (Å²) in [4.78, 5) is 8.59. The van der Waals surface area contributed by atoms with E-state index in [1.807, 2.05) is 0 Å². The number of benzene rings is 1. The molecule has 1 heterocycles. The Morgan fingerprint density at radius 3 is 1.78 bits per heavy atom. The molecule has 176 valence electrons. The molecule has 32 heavy (non-hydrogen) atoms. The second-order valence-electron chi connectivity index (χ2n) is 8.94. The molecule has 1 aliphatic heterocycles. The first kappa shape index (κ1) is 23.1. The Kier molecular flexibility index (Phi) is 6.29. The lowest BCUT2D eigenvalue weighted by atomic mass is 9.85. The number of alkyl halides is 6. The van der Waals surface area contributed by atoms with Crippen molar-refractivity contribution in [3.8, 4) is 0 Å². The van der Waals surface area contributed by atoms with Gasteiger partial charge in [0, 0.05) is 17.5 Å². The lowest BCUT2D eigenvalue weighted by Crippen LogP contribution is -2.62. The highest BCUT2D eigenvalue weighted by atomic mass is 19.4. The summed E-state index contributed by atoms with van der Waals surface area (Å²) in [5, 5.41) is 0. The van der Waals surface area contributed by atoms with E-state index in [-0.39, 0.29) is 23.3 Å². The fourth-order valence-corrected chi connectivity index (χ4v) is 5.11. The fraction of sp³-hybridized carbons (Fsp3) is 0.652. The van der Waals surface area contributed by atoms with Crippen LogP contribution in [0.5, 0.6) is 0 Å². The Morgan fingerprint density at radius 1 is 0.719 bits per heavy atom. The van der Waals surface area contributed by atoms with Crippen LogP contribution in [0.15, 0.2) is 40.3 Å². The summed E-state index contributed by atoms with van der Waals surface area (Å²) in [6.45, 7) is 0. The summed E-state index contributed by atoms with van der Waals surface area (Å²) in [6, 6.07) is 7.72. The van der Waals surface area contributed by atoms with Gasteiger partial charge in [-0.2, -0.15) is 26.3 Å². The minimum atomic E-state index is -5.70. The number of rotatable bonds is 3. The van der Waals surface area contributed by atoms with Crippen molar-refractivity contribution in [2.45, 2.75) is 88.3 Å². The topological polar surface area (TPSA) is 28.0 Å². The summed E-state index contributed by atoms with van der Waals surface area (Å²) < 4.78 is 84.8. The first-order chi connectivity index (χ1) is 15.1. The zero-order valence-electron chi connectivity index (χ0n) is 17.7. The molecule has 0 atom stereocenters. The lowest BCUT2D eigenvalue weighted by molar-refractivity contribution is -0.293. The van der Waals surface area contributed by atoms with Gasteiger partial charge in [-0.1, -0.05) is 68.9 Å². The number of amidine groups is 2. The van der Waals surface area contributed by atoms with Crippen molar-refractivity contribution < 1.29 is 26.3 Å². The monoisotopic (exact) mass is 459 g/mol. The van der Waals surface area contributed by atoms with Gasteiger partial charge in [-0.25, -0.2) is 9.98 Å². The fourth-order valence-electron chi connectivity index (χ4n) is 5.11. The van der Waals surface area contributed by atoms with Crippen LogP contribution in [0, 0.1) is 5.92 Å². The third-order valence-corrected chi connectivity index (χ3v) is 6.75. The van der Waals surface area contributed by atoms with Gasteiger partial charge in [0.1, 0.15) is 11.7 Å². The molecule has 2 aliphatic carbocycles. The molecule has 0 N–H and O–H groups in total. The van der Waals surface area contributed by atoms with E-state index in [4.69, 9.17) is 0 Å². The summed E-state index contributed by atoms with van der Waals surface area (Å²) in [6.07, 6.45) is -3.71. The van der Waals surface area contributed by atoms with Crippen molar-refractivity contribution in [3.05, 3.63) is 35.9 Å². The molecule has 1 aromatic rings. The van der Waals surface area contributed by atoms with Gasteiger partial charge in [-0.3, -0.25) is 0 Å². The Hall–Kier alpha value is -2.06. The normalized spacial score (nSPS) is 23.6. The molecule has 0 spiro atoms. The number of nitrogens with zero attached hydrogens (tertiary/aromatic N) is 3. The first-order valence-corrected chi connectivity index (χ1v) is 11.3. The van der Waals surface area contributed by atoms with E-state index in [0.29, 0.717) is 25.7 Å². The van der Waals surface area contributed by atoms with Gasteiger partial charge in [-0.15, -0.1) is 0 Å². The maximum absolute atomic E-state index is 14.1. The van der Waals surface area contributed by atoms with Crippen LogP contribution in [0.4, 0.5) is 26.3 Å². The highest BCUT2D eigenvalue weighted by Gasteiger charge is 2.74. The number of hydrogen-bond acceptors (Lipinski definition) is 3. The first-order valence-electron chi connectivity index (χ1n) is 11.3. The van der Waals surface area contributed by atoms with E-state index < -0.39 is 23.9 Å². The zero-order chi connectivity index (χ0) is 23.0. The van der Waals surface area contributed by atoms with E-state index in [1.165, 1.54) is 12.1 Å². The van der Waals surface area contributed by atoms with Crippen molar-refractivity contribution in [3.63, 3.8) is 0 Å². The van der Waals surface area contributed by atoms with Gasteiger partial charge >= 0.3 is 18.0 Å². The molecule has 3 aliphatic rings.